The Kier molecular flexibility index (Phi) is 3.35. The molecule has 1 saturated heterocycles. The highest BCUT2D eigenvalue weighted by molar-refractivity contribution is 5.97. The van der Waals surface area contributed by atoms with Gasteiger partial charge in [-0.05, 0) is 11.6 Å². The fraction of sp³-hybridized carbons (Fsp3) is 0.250. The van der Waals surface area contributed by atoms with Gasteiger partial charge in [-0.3, -0.25) is 9.69 Å². The molecule has 2 atom stereocenters. The summed E-state index contributed by atoms with van der Waals surface area (Å²) >= 11 is 0. The molecule has 0 saturated carbocycles. The van der Waals surface area contributed by atoms with Crippen LogP contribution in [0.2, 0.25) is 0 Å². The summed E-state index contributed by atoms with van der Waals surface area (Å²) in [5.41, 5.74) is 2.07. The van der Waals surface area contributed by atoms with Gasteiger partial charge in [-0.25, -0.2) is 4.79 Å². The number of rotatable bonds is 3. The number of nitrogens with one attached hydrogen (secondary N) is 1. The third-order valence-electron chi connectivity index (χ3n) is 3.83. The first-order chi connectivity index (χ1) is 10.1. The second-order valence-corrected chi connectivity index (χ2v) is 5.13. The SMILES string of the molecule is C=C1NC(=O)C2C=C(C(=O)OC)C1N2Cc1ccccc1. The van der Waals surface area contributed by atoms with Gasteiger partial charge in [0.1, 0.15) is 6.04 Å². The van der Waals surface area contributed by atoms with Crippen LogP contribution in [0.15, 0.2) is 54.3 Å². The van der Waals surface area contributed by atoms with Crippen LogP contribution in [-0.2, 0) is 20.9 Å². The van der Waals surface area contributed by atoms with Gasteiger partial charge in [-0.2, -0.15) is 0 Å². The first-order valence-corrected chi connectivity index (χ1v) is 6.71. The molecule has 3 rings (SSSR count). The molecular weight excluding hydrogens is 268 g/mol. The minimum atomic E-state index is -0.463. The van der Waals surface area contributed by atoms with Crippen molar-refractivity contribution in [3.63, 3.8) is 0 Å². The largest absolute Gasteiger partial charge is 0.466 e. The lowest BCUT2D eigenvalue weighted by Gasteiger charge is -2.36. The Hall–Kier alpha value is -2.40. The molecule has 0 spiro atoms. The van der Waals surface area contributed by atoms with Crippen molar-refractivity contribution in [3.8, 4) is 0 Å². The van der Waals surface area contributed by atoms with Crippen molar-refractivity contribution >= 4 is 11.9 Å². The van der Waals surface area contributed by atoms with Crippen LogP contribution in [0.5, 0.6) is 0 Å². The van der Waals surface area contributed by atoms with Gasteiger partial charge in [-0.1, -0.05) is 36.9 Å². The second kappa shape index (κ2) is 5.18. The van der Waals surface area contributed by atoms with Gasteiger partial charge in [0.25, 0.3) is 0 Å². The summed E-state index contributed by atoms with van der Waals surface area (Å²) in [7, 11) is 1.34. The topological polar surface area (TPSA) is 58.6 Å². The van der Waals surface area contributed by atoms with E-state index in [1.165, 1.54) is 7.11 Å². The zero-order valence-electron chi connectivity index (χ0n) is 11.7. The summed E-state index contributed by atoms with van der Waals surface area (Å²) in [6, 6.07) is 9.03. The maximum absolute atomic E-state index is 12.1. The van der Waals surface area contributed by atoms with Crippen LogP contribution >= 0.6 is 0 Å². The van der Waals surface area contributed by atoms with E-state index in [1.807, 2.05) is 35.2 Å². The number of esters is 1. The van der Waals surface area contributed by atoms with Gasteiger partial charge in [0, 0.05) is 12.2 Å². The van der Waals surface area contributed by atoms with Crippen LogP contribution in [0.3, 0.4) is 0 Å². The third kappa shape index (κ3) is 2.25. The Morgan fingerprint density at radius 1 is 1.38 bits per heavy atom. The van der Waals surface area contributed by atoms with Gasteiger partial charge in [0.05, 0.1) is 18.7 Å². The van der Waals surface area contributed by atoms with Crippen molar-refractivity contribution in [1.29, 1.82) is 0 Å². The molecule has 2 heterocycles. The summed E-state index contributed by atoms with van der Waals surface area (Å²) in [5, 5.41) is 2.73. The Balaban J connectivity index is 1.93. The molecule has 2 bridgehead atoms. The number of carbonyl (C=O) groups excluding carboxylic acids is 2. The third-order valence-corrected chi connectivity index (χ3v) is 3.83. The number of nitrogens with zero attached hydrogens (tertiary/aromatic N) is 1. The summed E-state index contributed by atoms with van der Waals surface area (Å²) in [5.74, 6) is -0.579. The first-order valence-electron chi connectivity index (χ1n) is 6.71. The Morgan fingerprint density at radius 3 is 2.76 bits per heavy atom. The second-order valence-electron chi connectivity index (χ2n) is 5.13. The number of piperazine rings is 1. The van der Waals surface area contributed by atoms with Crippen LogP contribution < -0.4 is 5.32 Å². The molecule has 1 aromatic carbocycles. The molecule has 1 amide bonds. The van der Waals surface area contributed by atoms with Crippen LogP contribution in [0.1, 0.15) is 5.56 Å². The van der Waals surface area contributed by atoms with Crippen LogP contribution in [0.25, 0.3) is 0 Å². The predicted molar refractivity (Wildman–Crippen MR) is 76.9 cm³/mol. The van der Waals surface area contributed by atoms with E-state index < -0.39 is 12.0 Å². The maximum Gasteiger partial charge on any atom is 0.335 e. The standard InChI is InChI=1S/C16H16N2O3/c1-10-14-12(16(20)21-2)8-13(15(19)17-10)18(14)9-11-6-4-3-5-7-11/h3-8,13-14H,1,9H2,2H3,(H,17,19). The van der Waals surface area contributed by atoms with E-state index in [0.717, 1.165) is 5.56 Å². The summed E-state index contributed by atoms with van der Waals surface area (Å²) < 4.78 is 4.81. The normalized spacial score (nSPS) is 24.5. The lowest BCUT2D eigenvalue weighted by molar-refractivity contribution is -0.137. The molecule has 0 aromatic heterocycles. The predicted octanol–water partition coefficient (Wildman–Crippen LogP) is 0.982. The van der Waals surface area contributed by atoms with E-state index in [2.05, 4.69) is 11.9 Å². The molecule has 1 fully saturated rings. The molecule has 1 aromatic rings. The number of ether oxygens (including phenoxy) is 1. The fourth-order valence-corrected chi connectivity index (χ4v) is 2.89. The molecule has 2 unspecified atom stereocenters. The van der Waals surface area contributed by atoms with E-state index >= 15 is 0 Å². The molecule has 1 N–H and O–H groups in total. The lowest BCUT2D eigenvalue weighted by Crippen LogP contribution is -2.54. The van der Waals surface area contributed by atoms with E-state index in [4.69, 9.17) is 4.74 Å². The molecule has 108 valence electrons. The van der Waals surface area contributed by atoms with Crippen molar-refractivity contribution in [2.45, 2.75) is 18.6 Å². The molecule has 2 aliphatic rings. The Bertz CT molecular complexity index is 636. The smallest absolute Gasteiger partial charge is 0.335 e. The number of carbonyl (C=O) groups is 2. The Morgan fingerprint density at radius 2 is 2.10 bits per heavy atom. The van der Waals surface area contributed by atoms with Crippen LogP contribution in [0, 0.1) is 0 Å². The quantitative estimate of drug-likeness (QED) is 0.841. The molecular formula is C16H16N2O3. The van der Waals surface area contributed by atoms with Crippen molar-refractivity contribution < 1.29 is 14.3 Å². The van der Waals surface area contributed by atoms with Crippen molar-refractivity contribution in [2.24, 2.45) is 0 Å². The summed E-state index contributed by atoms with van der Waals surface area (Å²) in [6.45, 7) is 4.45. The summed E-state index contributed by atoms with van der Waals surface area (Å²) in [4.78, 5) is 26.0. The minimum absolute atomic E-state index is 0.161. The van der Waals surface area contributed by atoms with Gasteiger partial charge in [0.2, 0.25) is 5.91 Å². The zero-order chi connectivity index (χ0) is 15.0. The van der Waals surface area contributed by atoms with Crippen LogP contribution in [0.4, 0.5) is 0 Å². The molecule has 21 heavy (non-hydrogen) atoms. The van der Waals surface area contributed by atoms with E-state index in [0.29, 0.717) is 17.8 Å². The Labute approximate surface area is 122 Å². The average molecular weight is 284 g/mol. The highest BCUT2D eigenvalue weighted by atomic mass is 16.5. The number of methoxy groups -OCH3 is 1. The fourth-order valence-electron chi connectivity index (χ4n) is 2.89. The van der Waals surface area contributed by atoms with Gasteiger partial charge >= 0.3 is 5.97 Å². The van der Waals surface area contributed by atoms with Gasteiger partial charge in [0.15, 0.2) is 0 Å². The molecule has 5 nitrogen and oxygen atoms in total. The highest BCUT2D eigenvalue weighted by Gasteiger charge is 2.46. The lowest BCUT2D eigenvalue weighted by atomic mass is 10.0. The van der Waals surface area contributed by atoms with Crippen molar-refractivity contribution in [2.75, 3.05) is 7.11 Å². The van der Waals surface area contributed by atoms with Gasteiger partial charge in [-0.15, -0.1) is 0 Å². The van der Waals surface area contributed by atoms with Crippen molar-refractivity contribution in [3.05, 3.63) is 59.8 Å². The molecule has 0 radical (unpaired) electrons. The summed E-state index contributed by atoms with van der Waals surface area (Å²) in [6.07, 6.45) is 1.67. The van der Waals surface area contributed by atoms with Crippen LogP contribution in [-0.4, -0.2) is 36.0 Å². The maximum atomic E-state index is 12.1. The molecule has 2 aliphatic heterocycles. The minimum Gasteiger partial charge on any atom is -0.466 e. The van der Waals surface area contributed by atoms with E-state index in [1.54, 1.807) is 6.08 Å². The number of amides is 1. The van der Waals surface area contributed by atoms with Gasteiger partial charge < -0.3 is 10.1 Å². The number of hydrogen-bond acceptors (Lipinski definition) is 4. The number of benzene rings is 1. The van der Waals surface area contributed by atoms with E-state index in [-0.39, 0.29) is 11.9 Å². The highest BCUT2D eigenvalue weighted by Crippen LogP contribution is 2.33. The first kappa shape index (κ1) is 13.6. The zero-order valence-corrected chi connectivity index (χ0v) is 11.7. The van der Waals surface area contributed by atoms with E-state index in [9.17, 15) is 9.59 Å². The number of fused-ring (bicyclic) bond motifs is 2. The molecule has 0 aliphatic carbocycles. The molecule has 5 heteroatoms. The van der Waals surface area contributed by atoms with Crippen molar-refractivity contribution in [1.82, 2.24) is 10.2 Å². The number of hydrogen-bond donors (Lipinski definition) is 1. The monoisotopic (exact) mass is 284 g/mol. The average Bonchev–Trinajstić information content (AvgIpc) is 2.80.